The van der Waals surface area contributed by atoms with E-state index >= 15 is 0 Å². The molecule has 2 nitrogen and oxygen atoms in total. The lowest BCUT2D eigenvalue weighted by Crippen LogP contribution is -2.04. The van der Waals surface area contributed by atoms with Gasteiger partial charge in [0.15, 0.2) is 0 Å². The maximum atomic E-state index is 13.3. The molecule has 3 heteroatoms. The van der Waals surface area contributed by atoms with Gasteiger partial charge < -0.3 is 5.11 Å². The van der Waals surface area contributed by atoms with E-state index in [-0.39, 0.29) is 0 Å². The highest BCUT2D eigenvalue weighted by Gasteiger charge is 2.13. The molecule has 0 radical (unpaired) electrons. The maximum Gasteiger partial charge on any atom is 0.216 e. The van der Waals surface area contributed by atoms with Gasteiger partial charge in [-0.1, -0.05) is 13.0 Å². The Morgan fingerprint density at radius 3 is 3.00 bits per heavy atom. The number of aromatic nitrogens is 1. The molecule has 0 aliphatic rings. The number of rotatable bonds is 4. The first-order chi connectivity index (χ1) is 6.70. The van der Waals surface area contributed by atoms with Gasteiger partial charge in [0.05, 0.1) is 6.10 Å². The second kappa shape index (κ2) is 4.86. The Morgan fingerprint density at radius 1 is 1.71 bits per heavy atom. The van der Waals surface area contributed by atoms with Gasteiger partial charge in [-0.15, -0.1) is 6.58 Å². The minimum absolute atomic E-state index is 0.395. The largest absolute Gasteiger partial charge is 0.388 e. The third-order valence-electron chi connectivity index (χ3n) is 2.13. The van der Waals surface area contributed by atoms with Crippen LogP contribution >= 0.6 is 0 Å². The molecule has 1 heterocycles. The van der Waals surface area contributed by atoms with Crippen LogP contribution in [0.4, 0.5) is 4.39 Å². The first-order valence-corrected chi connectivity index (χ1v) is 4.63. The Bertz CT molecular complexity index is 325. The van der Waals surface area contributed by atoms with Crippen LogP contribution < -0.4 is 0 Å². The van der Waals surface area contributed by atoms with Gasteiger partial charge in [0.1, 0.15) is 0 Å². The molecule has 1 unspecified atom stereocenters. The lowest BCUT2D eigenvalue weighted by Gasteiger charge is -2.12. The molecular weight excluding hydrogens is 181 g/mol. The van der Waals surface area contributed by atoms with Crippen LogP contribution in [0.3, 0.4) is 0 Å². The molecule has 1 rings (SSSR count). The summed E-state index contributed by atoms with van der Waals surface area (Å²) in [5.41, 5.74) is 1.05. The average Bonchev–Trinajstić information content (AvgIpc) is 2.20. The van der Waals surface area contributed by atoms with Gasteiger partial charge in [-0.05, 0) is 24.5 Å². The first kappa shape index (κ1) is 10.9. The van der Waals surface area contributed by atoms with Gasteiger partial charge in [-0.25, -0.2) is 4.98 Å². The van der Waals surface area contributed by atoms with E-state index in [1.54, 1.807) is 12.1 Å². The monoisotopic (exact) mass is 195 g/mol. The average molecular weight is 195 g/mol. The van der Waals surface area contributed by atoms with Crippen molar-refractivity contribution in [2.75, 3.05) is 0 Å². The number of nitrogens with zero attached hydrogens (tertiary/aromatic N) is 1. The molecule has 0 saturated heterocycles. The van der Waals surface area contributed by atoms with Crippen LogP contribution in [0.2, 0.25) is 0 Å². The van der Waals surface area contributed by atoms with Crippen LogP contribution in [-0.4, -0.2) is 10.1 Å². The summed E-state index contributed by atoms with van der Waals surface area (Å²) in [5, 5.41) is 9.63. The number of pyridine rings is 1. The minimum atomic E-state index is -0.623. The summed E-state index contributed by atoms with van der Waals surface area (Å²) in [6.45, 7) is 5.40. The smallest absolute Gasteiger partial charge is 0.216 e. The van der Waals surface area contributed by atoms with E-state index in [2.05, 4.69) is 11.6 Å². The number of allylic oxidation sites excluding steroid dienone is 1. The molecule has 1 atom stereocenters. The number of aliphatic hydroxyl groups is 1. The van der Waals surface area contributed by atoms with Crippen molar-refractivity contribution in [2.45, 2.75) is 25.9 Å². The molecule has 14 heavy (non-hydrogen) atoms. The zero-order chi connectivity index (χ0) is 10.6. The number of halogens is 1. The van der Waals surface area contributed by atoms with Crippen LogP contribution in [0.5, 0.6) is 0 Å². The molecule has 0 bridgehead atoms. The molecule has 0 spiro atoms. The van der Waals surface area contributed by atoms with Gasteiger partial charge in [0.25, 0.3) is 0 Å². The zero-order valence-electron chi connectivity index (χ0n) is 8.20. The number of hydrogen-bond donors (Lipinski definition) is 1. The summed E-state index contributed by atoms with van der Waals surface area (Å²) < 4.78 is 13.3. The highest BCUT2D eigenvalue weighted by Crippen LogP contribution is 2.22. The summed E-state index contributed by atoms with van der Waals surface area (Å²) in [6.07, 6.45) is 3.31. The Balaban J connectivity index is 3.13. The van der Waals surface area contributed by atoms with E-state index in [9.17, 15) is 9.50 Å². The van der Waals surface area contributed by atoms with Gasteiger partial charge in [0, 0.05) is 11.8 Å². The van der Waals surface area contributed by atoms with Crippen molar-refractivity contribution >= 4 is 0 Å². The molecule has 1 N–H and O–H groups in total. The van der Waals surface area contributed by atoms with E-state index in [1.165, 1.54) is 6.20 Å². The topological polar surface area (TPSA) is 33.1 Å². The van der Waals surface area contributed by atoms with Gasteiger partial charge in [0.2, 0.25) is 5.95 Å². The first-order valence-electron chi connectivity index (χ1n) is 4.63. The third kappa shape index (κ3) is 2.17. The zero-order valence-corrected chi connectivity index (χ0v) is 8.20. The molecule has 0 aliphatic heterocycles. The van der Waals surface area contributed by atoms with Gasteiger partial charge >= 0.3 is 0 Å². The van der Waals surface area contributed by atoms with Crippen LogP contribution in [0.15, 0.2) is 24.9 Å². The van der Waals surface area contributed by atoms with Crippen molar-refractivity contribution in [3.63, 3.8) is 0 Å². The summed E-state index contributed by atoms with van der Waals surface area (Å²) >= 11 is 0. The minimum Gasteiger partial charge on any atom is -0.388 e. The lowest BCUT2D eigenvalue weighted by atomic mass is 10.0. The summed E-state index contributed by atoms with van der Waals surface area (Å²) in [7, 11) is 0. The molecular formula is C11H14FNO. The predicted octanol–water partition coefficient (Wildman–Crippen LogP) is 2.39. The van der Waals surface area contributed by atoms with Crippen molar-refractivity contribution in [1.82, 2.24) is 4.98 Å². The second-order valence-electron chi connectivity index (χ2n) is 3.09. The van der Waals surface area contributed by atoms with Crippen LogP contribution in [0, 0.1) is 5.95 Å². The summed E-state index contributed by atoms with van der Waals surface area (Å²) in [5.74, 6) is -0.519. The molecule has 0 saturated carbocycles. The highest BCUT2D eigenvalue weighted by molar-refractivity contribution is 5.28. The Morgan fingerprint density at radius 2 is 2.43 bits per heavy atom. The lowest BCUT2D eigenvalue weighted by molar-refractivity contribution is 0.172. The predicted molar refractivity (Wildman–Crippen MR) is 53.3 cm³/mol. The normalized spacial score (nSPS) is 12.5. The van der Waals surface area contributed by atoms with Gasteiger partial charge in [-0.3, -0.25) is 0 Å². The van der Waals surface area contributed by atoms with Gasteiger partial charge in [-0.2, -0.15) is 4.39 Å². The standard InChI is InChI=1S/C11H14FNO/c1-3-5-9-8(10(14)4-2)6-7-13-11(9)12/h3,6-7,10,14H,1,4-5H2,2H3. The van der Waals surface area contributed by atoms with Crippen molar-refractivity contribution in [2.24, 2.45) is 0 Å². The SMILES string of the molecule is C=CCc1c(C(O)CC)ccnc1F. The van der Waals surface area contributed by atoms with Crippen molar-refractivity contribution in [1.29, 1.82) is 0 Å². The van der Waals surface area contributed by atoms with Crippen LogP contribution in [-0.2, 0) is 6.42 Å². The highest BCUT2D eigenvalue weighted by atomic mass is 19.1. The fraction of sp³-hybridized carbons (Fsp3) is 0.364. The molecule has 1 aromatic rings. The molecule has 0 fully saturated rings. The molecule has 0 amide bonds. The van der Waals surface area contributed by atoms with E-state index in [4.69, 9.17) is 0 Å². The van der Waals surface area contributed by atoms with Crippen LogP contribution in [0.25, 0.3) is 0 Å². The number of hydrogen-bond acceptors (Lipinski definition) is 2. The summed E-state index contributed by atoms with van der Waals surface area (Å²) in [4.78, 5) is 3.55. The Kier molecular flexibility index (Phi) is 3.77. The summed E-state index contributed by atoms with van der Waals surface area (Å²) in [6, 6.07) is 1.65. The van der Waals surface area contributed by atoms with E-state index in [1.807, 2.05) is 6.92 Å². The van der Waals surface area contributed by atoms with E-state index in [0.717, 1.165) is 0 Å². The van der Waals surface area contributed by atoms with Crippen molar-refractivity contribution in [3.8, 4) is 0 Å². The molecule has 0 aromatic carbocycles. The van der Waals surface area contributed by atoms with Crippen LogP contribution in [0.1, 0.15) is 30.6 Å². The molecule has 0 aliphatic carbocycles. The third-order valence-corrected chi connectivity index (χ3v) is 2.13. The maximum absolute atomic E-state index is 13.3. The fourth-order valence-electron chi connectivity index (χ4n) is 1.36. The number of aliphatic hydroxyl groups excluding tert-OH is 1. The quantitative estimate of drug-likeness (QED) is 0.591. The Labute approximate surface area is 83.1 Å². The van der Waals surface area contributed by atoms with E-state index < -0.39 is 12.1 Å². The van der Waals surface area contributed by atoms with Crippen molar-refractivity contribution in [3.05, 3.63) is 42.0 Å². The molecule has 76 valence electrons. The van der Waals surface area contributed by atoms with Crippen molar-refractivity contribution < 1.29 is 9.50 Å². The fourth-order valence-corrected chi connectivity index (χ4v) is 1.36. The Hall–Kier alpha value is -1.22. The second-order valence-corrected chi connectivity index (χ2v) is 3.09. The molecule has 1 aromatic heterocycles. The van der Waals surface area contributed by atoms with E-state index in [0.29, 0.717) is 24.0 Å².